The van der Waals surface area contributed by atoms with Crippen molar-refractivity contribution in [2.24, 2.45) is 0 Å². The van der Waals surface area contributed by atoms with Gasteiger partial charge < -0.3 is 4.74 Å². The Hall–Kier alpha value is -3.52. The molecule has 2 saturated heterocycles. The van der Waals surface area contributed by atoms with Crippen molar-refractivity contribution in [2.45, 2.75) is 64.6 Å². The van der Waals surface area contributed by atoms with Gasteiger partial charge in [0.25, 0.3) is 5.56 Å². The molecule has 1 unspecified atom stereocenters. The molecular formula is C28H32N4O4. The SMILES string of the molecule is Cc1nc2c(OCc3ccc(CN4CCCCCC4)cc3)cccc2c(=O)n1C1CCC(=O)NC1=O. The smallest absolute Gasteiger partial charge is 0.262 e. The van der Waals surface area contributed by atoms with Gasteiger partial charge in [-0.2, -0.15) is 0 Å². The van der Waals surface area contributed by atoms with Crippen LogP contribution in [0.5, 0.6) is 5.75 Å². The lowest BCUT2D eigenvalue weighted by atomic mass is 10.1. The number of carbonyl (C=O) groups excluding carboxylic acids is 2. The number of hydrogen-bond donors (Lipinski definition) is 1. The van der Waals surface area contributed by atoms with Crippen LogP contribution in [0.25, 0.3) is 10.9 Å². The molecule has 3 heterocycles. The van der Waals surface area contributed by atoms with Gasteiger partial charge in [-0.25, -0.2) is 4.98 Å². The third kappa shape index (κ3) is 5.18. The number of hydrogen-bond acceptors (Lipinski definition) is 6. The standard InChI is InChI=1S/C28H32N4O4/c1-19-29-26-22(28(35)32(19)23-13-14-25(33)30-27(23)34)7-6-8-24(26)36-18-21-11-9-20(10-12-21)17-31-15-4-2-3-5-16-31/h6-12,23H,2-5,13-18H2,1H3,(H,30,33,34). The van der Waals surface area contributed by atoms with Crippen molar-refractivity contribution < 1.29 is 14.3 Å². The minimum Gasteiger partial charge on any atom is -0.487 e. The van der Waals surface area contributed by atoms with Crippen molar-refractivity contribution in [3.05, 3.63) is 69.8 Å². The van der Waals surface area contributed by atoms with E-state index in [-0.39, 0.29) is 24.3 Å². The maximum Gasteiger partial charge on any atom is 0.262 e. The maximum absolute atomic E-state index is 13.3. The number of carbonyl (C=O) groups is 2. The van der Waals surface area contributed by atoms with Crippen LogP contribution in [0.2, 0.25) is 0 Å². The summed E-state index contributed by atoms with van der Waals surface area (Å²) in [4.78, 5) is 44.4. The minimum atomic E-state index is -0.746. The summed E-state index contributed by atoms with van der Waals surface area (Å²) in [6.45, 7) is 5.38. The molecule has 8 heteroatoms. The quantitative estimate of drug-likeness (QED) is 0.533. The van der Waals surface area contributed by atoms with E-state index >= 15 is 0 Å². The summed E-state index contributed by atoms with van der Waals surface area (Å²) in [6.07, 6.45) is 5.70. The number of aryl methyl sites for hydroxylation is 1. The Morgan fingerprint density at radius 1 is 0.972 bits per heavy atom. The number of aromatic nitrogens is 2. The summed E-state index contributed by atoms with van der Waals surface area (Å²) in [5, 5.41) is 2.70. The largest absolute Gasteiger partial charge is 0.487 e. The van der Waals surface area contributed by atoms with Gasteiger partial charge >= 0.3 is 0 Å². The number of nitrogens with one attached hydrogen (secondary N) is 1. The van der Waals surface area contributed by atoms with Crippen molar-refractivity contribution in [3.8, 4) is 5.75 Å². The molecule has 2 amide bonds. The van der Waals surface area contributed by atoms with E-state index in [1.54, 1.807) is 25.1 Å². The number of ether oxygens (including phenoxy) is 1. The topological polar surface area (TPSA) is 93.5 Å². The predicted octanol–water partition coefficient (Wildman–Crippen LogP) is 3.64. The molecule has 1 aromatic heterocycles. The zero-order valence-corrected chi connectivity index (χ0v) is 20.7. The molecule has 1 atom stereocenters. The molecule has 0 aliphatic carbocycles. The Morgan fingerprint density at radius 3 is 2.42 bits per heavy atom. The second-order valence-electron chi connectivity index (χ2n) is 9.75. The lowest BCUT2D eigenvalue weighted by Crippen LogP contribution is -2.45. The zero-order chi connectivity index (χ0) is 25.1. The van der Waals surface area contributed by atoms with Gasteiger partial charge in [0, 0.05) is 13.0 Å². The first kappa shape index (κ1) is 24.2. The first-order valence-corrected chi connectivity index (χ1v) is 12.8. The molecule has 0 bridgehead atoms. The van der Waals surface area contributed by atoms with Crippen molar-refractivity contribution >= 4 is 22.7 Å². The van der Waals surface area contributed by atoms with E-state index in [9.17, 15) is 14.4 Å². The summed E-state index contributed by atoms with van der Waals surface area (Å²) in [6, 6.07) is 13.0. The second-order valence-corrected chi connectivity index (χ2v) is 9.75. The molecule has 0 radical (unpaired) electrons. The first-order valence-electron chi connectivity index (χ1n) is 12.8. The lowest BCUT2D eigenvalue weighted by molar-refractivity contribution is -0.135. The van der Waals surface area contributed by atoms with Gasteiger partial charge in [-0.05, 0) is 62.5 Å². The fraction of sp³-hybridized carbons (Fsp3) is 0.429. The molecule has 2 aliphatic heterocycles. The minimum absolute atomic E-state index is 0.195. The highest BCUT2D eigenvalue weighted by atomic mass is 16.5. The number of benzene rings is 2. The van der Waals surface area contributed by atoms with Crippen molar-refractivity contribution in [1.82, 2.24) is 19.8 Å². The van der Waals surface area contributed by atoms with Gasteiger partial charge in [0.05, 0.1) is 5.39 Å². The number of nitrogens with zero attached hydrogens (tertiary/aromatic N) is 3. The van der Waals surface area contributed by atoms with Gasteiger partial charge in [-0.15, -0.1) is 0 Å². The van der Waals surface area contributed by atoms with Crippen molar-refractivity contribution in [2.75, 3.05) is 13.1 Å². The number of para-hydroxylation sites is 1. The molecule has 188 valence electrons. The monoisotopic (exact) mass is 488 g/mol. The molecule has 1 N–H and O–H groups in total. The highest BCUT2D eigenvalue weighted by molar-refractivity contribution is 5.99. The zero-order valence-electron chi connectivity index (χ0n) is 20.7. The fourth-order valence-electron chi connectivity index (χ4n) is 5.17. The molecule has 2 aromatic carbocycles. The number of piperidine rings is 1. The first-order chi connectivity index (χ1) is 17.5. The Bertz CT molecular complexity index is 1320. The van der Waals surface area contributed by atoms with Crippen LogP contribution in [0, 0.1) is 6.92 Å². The Balaban J connectivity index is 1.32. The fourth-order valence-corrected chi connectivity index (χ4v) is 5.17. The average molecular weight is 489 g/mol. The van der Waals surface area contributed by atoms with Crippen molar-refractivity contribution in [3.63, 3.8) is 0 Å². The summed E-state index contributed by atoms with van der Waals surface area (Å²) >= 11 is 0. The molecule has 0 saturated carbocycles. The van der Waals surface area contributed by atoms with Crippen LogP contribution in [0.15, 0.2) is 47.3 Å². The van der Waals surface area contributed by atoms with E-state index in [0.717, 1.165) is 12.1 Å². The summed E-state index contributed by atoms with van der Waals surface area (Å²) < 4.78 is 7.48. The van der Waals surface area contributed by atoms with Crippen LogP contribution in [0.3, 0.4) is 0 Å². The van der Waals surface area contributed by atoms with Gasteiger partial charge in [-0.1, -0.05) is 43.2 Å². The summed E-state index contributed by atoms with van der Waals surface area (Å²) in [7, 11) is 0. The molecular weight excluding hydrogens is 456 g/mol. The number of rotatable bonds is 6. The van der Waals surface area contributed by atoms with Crippen LogP contribution in [-0.2, 0) is 22.7 Å². The third-order valence-electron chi connectivity index (χ3n) is 7.11. The third-order valence-corrected chi connectivity index (χ3v) is 7.11. The lowest BCUT2D eigenvalue weighted by Gasteiger charge is -2.24. The Labute approximate surface area is 210 Å². The molecule has 0 spiro atoms. The van der Waals surface area contributed by atoms with Gasteiger partial charge in [0.15, 0.2) is 0 Å². The van der Waals surface area contributed by atoms with Crippen LogP contribution in [0.4, 0.5) is 0 Å². The highest BCUT2D eigenvalue weighted by Gasteiger charge is 2.30. The highest BCUT2D eigenvalue weighted by Crippen LogP contribution is 2.25. The van der Waals surface area contributed by atoms with E-state index in [0.29, 0.717) is 29.1 Å². The van der Waals surface area contributed by atoms with Crippen LogP contribution in [-0.4, -0.2) is 39.4 Å². The summed E-state index contributed by atoms with van der Waals surface area (Å²) in [5.74, 6) is 0.151. The molecule has 36 heavy (non-hydrogen) atoms. The van der Waals surface area contributed by atoms with Crippen LogP contribution >= 0.6 is 0 Å². The molecule has 3 aromatic rings. The number of fused-ring (bicyclic) bond motifs is 1. The molecule has 8 nitrogen and oxygen atoms in total. The van der Waals surface area contributed by atoms with E-state index in [1.807, 2.05) is 0 Å². The van der Waals surface area contributed by atoms with E-state index in [1.165, 1.54) is 48.9 Å². The normalized spacial score (nSPS) is 19.2. The average Bonchev–Trinajstić information content (AvgIpc) is 3.14. The van der Waals surface area contributed by atoms with Gasteiger partial charge in [0.2, 0.25) is 11.8 Å². The van der Waals surface area contributed by atoms with Gasteiger partial charge in [0.1, 0.15) is 29.7 Å². The molecule has 2 aliphatic rings. The Kier molecular flexibility index (Phi) is 7.13. The van der Waals surface area contributed by atoms with E-state index in [4.69, 9.17) is 4.74 Å². The number of imide groups is 1. The molecule has 2 fully saturated rings. The van der Waals surface area contributed by atoms with E-state index in [2.05, 4.69) is 39.5 Å². The summed E-state index contributed by atoms with van der Waals surface area (Å²) in [5.41, 5.74) is 2.51. The Morgan fingerprint density at radius 2 is 1.69 bits per heavy atom. The van der Waals surface area contributed by atoms with Gasteiger partial charge in [-0.3, -0.25) is 29.2 Å². The van der Waals surface area contributed by atoms with Crippen LogP contribution < -0.4 is 15.6 Å². The number of likely N-dealkylation sites (tertiary alicyclic amines) is 1. The van der Waals surface area contributed by atoms with Crippen LogP contribution in [0.1, 0.15) is 61.5 Å². The molecule has 5 rings (SSSR count). The second kappa shape index (κ2) is 10.6. The predicted molar refractivity (Wildman–Crippen MR) is 137 cm³/mol. The maximum atomic E-state index is 13.3. The van der Waals surface area contributed by atoms with Crippen molar-refractivity contribution in [1.29, 1.82) is 0 Å². The van der Waals surface area contributed by atoms with E-state index < -0.39 is 11.9 Å². The number of amides is 2.